The Morgan fingerprint density at radius 2 is 2.07 bits per heavy atom. The monoisotopic (exact) mass is 195 g/mol. The minimum atomic E-state index is 0.160. The summed E-state index contributed by atoms with van der Waals surface area (Å²) < 4.78 is 10.9. The predicted molar refractivity (Wildman–Crippen MR) is 57.8 cm³/mol. The highest BCUT2D eigenvalue weighted by Crippen LogP contribution is 2.27. The third-order valence-corrected chi connectivity index (χ3v) is 1.66. The lowest BCUT2D eigenvalue weighted by Crippen LogP contribution is -2.06. The van der Waals surface area contributed by atoms with Crippen molar-refractivity contribution in [2.45, 2.75) is 26.9 Å². The first-order chi connectivity index (χ1) is 6.63. The molecule has 0 unspecified atom stereocenters. The van der Waals surface area contributed by atoms with Crippen LogP contribution in [0.25, 0.3) is 0 Å². The Morgan fingerprint density at radius 1 is 1.36 bits per heavy atom. The molecule has 1 rings (SSSR count). The van der Waals surface area contributed by atoms with E-state index in [0.29, 0.717) is 18.0 Å². The molecule has 0 bridgehead atoms. The number of anilines is 1. The van der Waals surface area contributed by atoms with Gasteiger partial charge < -0.3 is 15.2 Å². The number of hydrogen-bond donors (Lipinski definition) is 1. The quantitative estimate of drug-likeness (QED) is 0.750. The van der Waals surface area contributed by atoms with Gasteiger partial charge in [-0.1, -0.05) is 0 Å². The highest BCUT2D eigenvalue weighted by atomic mass is 16.5. The SMILES string of the molecule is CCOc1cc(OC(C)C)ccc1N. The van der Waals surface area contributed by atoms with Crippen molar-refractivity contribution in [3.63, 3.8) is 0 Å². The van der Waals surface area contributed by atoms with Crippen LogP contribution < -0.4 is 15.2 Å². The van der Waals surface area contributed by atoms with E-state index in [1.54, 1.807) is 6.07 Å². The molecule has 1 aromatic rings. The molecule has 0 aliphatic carbocycles. The summed E-state index contributed by atoms with van der Waals surface area (Å²) in [5.41, 5.74) is 6.37. The summed E-state index contributed by atoms with van der Waals surface area (Å²) in [6.45, 7) is 6.50. The van der Waals surface area contributed by atoms with Crippen molar-refractivity contribution >= 4 is 5.69 Å². The van der Waals surface area contributed by atoms with E-state index in [-0.39, 0.29) is 6.10 Å². The Balaban J connectivity index is 2.83. The van der Waals surface area contributed by atoms with Crippen molar-refractivity contribution in [3.05, 3.63) is 18.2 Å². The zero-order chi connectivity index (χ0) is 10.6. The Bertz CT molecular complexity index is 297. The fourth-order valence-corrected chi connectivity index (χ4v) is 1.14. The summed E-state index contributed by atoms with van der Waals surface area (Å²) in [5, 5.41) is 0. The summed E-state index contributed by atoms with van der Waals surface area (Å²) in [6, 6.07) is 5.46. The molecule has 0 saturated carbocycles. The van der Waals surface area contributed by atoms with Gasteiger partial charge in [-0.3, -0.25) is 0 Å². The van der Waals surface area contributed by atoms with Crippen molar-refractivity contribution in [2.75, 3.05) is 12.3 Å². The molecule has 0 aromatic heterocycles. The molecule has 3 heteroatoms. The third-order valence-electron chi connectivity index (χ3n) is 1.66. The Kier molecular flexibility index (Phi) is 3.63. The van der Waals surface area contributed by atoms with E-state index >= 15 is 0 Å². The largest absolute Gasteiger partial charge is 0.492 e. The van der Waals surface area contributed by atoms with E-state index in [9.17, 15) is 0 Å². The first-order valence-electron chi connectivity index (χ1n) is 4.82. The Hall–Kier alpha value is -1.38. The van der Waals surface area contributed by atoms with Gasteiger partial charge in [0.25, 0.3) is 0 Å². The molecule has 0 spiro atoms. The van der Waals surface area contributed by atoms with Gasteiger partial charge in [0.05, 0.1) is 18.4 Å². The third kappa shape index (κ3) is 2.83. The molecular formula is C11H17NO2. The highest BCUT2D eigenvalue weighted by Gasteiger charge is 2.03. The maximum absolute atomic E-state index is 5.73. The average molecular weight is 195 g/mol. The fraction of sp³-hybridized carbons (Fsp3) is 0.455. The molecule has 0 radical (unpaired) electrons. The van der Waals surface area contributed by atoms with Crippen LogP contribution in [-0.2, 0) is 0 Å². The first kappa shape index (κ1) is 10.7. The maximum atomic E-state index is 5.73. The van der Waals surface area contributed by atoms with Crippen LogP contribution in [0.4, 0.5) is 5.69 Å². The van der Waals surface area contributed by atoms with Gasteiger partial charge in [-0.2, -0.15) is 0 Å². The minimum Gasteiger partial charge on any atom is -0.492 e. The van der Waals surface area contributed by atoms with E-state index in [1.165, 1.54) is 0 Å². The Morgan fingerprint density at radius 3 is 2.64 bits per heavy atom. The van der Waals surface area contributed by atoms with Crippen molar-refractivity contribution in [3.8, 4) is 11.5 Å². The number of benzene rings is 1. The summed E-state index contributed by atoms with van der Waals surface area (Å²) in [4.78, 5) is 0. The number of rotatable bonds is 4. The number of nitrogens with two attached hydrogens (primary N) is 1. The maximum Gasteiger partial charge on any atom is 0.145 e. The van der Waals surface area contributed by atoms with Crippen LogP contribution in [0.3, 0.4) is 0 Å². The predicted octanol–water partition coefficient (Wildman–Crippen LogP) is 2.45. The number of nitrogen functional groups attached to an aromatic ring is 1. The lowest BCUT2D eigenvalue weighted by Gasteiger charge is -2.12. The minimum absolute atomic E-state index is 0.160. The van der Waals surface area contributed by atoms with Gasteiger partial charge in [0, 0.05) is 6.07 Å². The first-order valence-corrected chi connectivity index (χ1v) is 4.82. The standard InChI is InChI=1S/C11H17NO2/c1-4-13-11-7-9(14-8(2)3)5-6-10(11)12/h5-8H,4,12H2,1-3H3. The molecule has 0 fully saturated rings. The normalized spacial score (nSPS) is 10.3. The number of ether oxygens (including phenoxy) is 2. The fourth-order valence-electron chi connectivity index (χ4n) is 1.14. The van der Waals surface area contributed by atoms with E-state index in [2.05, 4.69) is 0 Å². The van der Waals surface area contributed by atoms with Gasteiger partial charge in [0.15, 0.2) is 0 Å². The van der Waals surface area contributed by atoms with Crippen molar-refractivity contribution in [2.24, 2.45) is 0 Å². The lowest BCUT2D eigenvalue weighted by molar-refractivity contribution is 0.240. The highest BCUT2D eigenvalue weighted by molar-refractivity contribution is 5.55. The van der Waals surface area contributed by atoms with Crippen LogP contribution in [0.1, 0.15) is 20.8 Å². The molecule has 0 amide bonds. The molecule has 2 N–H and O–H groups in total. The molecule has 1 aromatic carbocycles. The van der Waals surface area contributed by atoms with Crippen LogP contribution in [0.2, 0.25) is 0 Å². The van der Waals surface area contributed by atoms with Crippen LogP contribution in [0.5, 0.6) is 11.5 Å². The van der Waals surface area contributed by atoms with Gasteiger partial charge in [-0.25, -0.2) is 0 Å². The summed E-state index contributed by atoms with van der Waals surface area (Å²) in [7, 11) is 0. The number of hydrogen-bond acceptors (Lipinski definition) is 3. The van der Waals surface area contributed by atoms with Gasteiger partial charge in [-0.05, 0) is 32.9 Å². The summed E-state index contributed by atoms with van der Waals surface area (Å²) in [5.74, 6) is 1.48. The molecule has 78 valence electrons. The molecule has 0 aliphatic heterocycles. The van der Waals surface area contributed by atoms with Crippen molar-refractivity contribution < 1.29 is 9.47 Å². The average Bonchev–Trinajstić information content (AvgIpc) is 2.10. The molecule has 0 aliphatic rings. The van der Waals surface area contributed by atoms with Crippen LogP contribution in [-0.4, -0.2) is 12.7 Å². The van der Waals surface area contributed by atoms with Crippen LogP contribution in [0, 0.1) is 0 Å². The molecule has 0 heterocycles. The molecular weight excluding hydrogens is 178 g/mol. The smallest absolute Gasteiger partial charge is 0.145 e. The second kappa shape index (κ2) is 4.74. The second-order valence-corrected chi connectivity index (χ2v) is 3.30. The summed E-state index contributed by atoms with van der Waals surface area (Å²) >= 11 is 0. The van der Waals surface area contributed by atoms with Gasteiger partial charge in [-0.15, -0.1) is 0 Å². The molecule has 14 heavy (non-hydrogen) atoms. The molecule has 0 saturated heterocycles. The zero-order valence-electron chi connectivity index (χ0n) is 8.91. The molecule has 3 nitrogen and oxygen atoms in total. The molecule has 0 atom stereocenters. The van der Waals surface area contributed by atoms with E-state index in [0.717, 1.165) is 5.75 Å². The van der Waals surface area contributed by atoms with E-state index in [4.69, 9.17) is 15.2 Å². The van der Waals surface area contributed by atoms with Crippen LogP contribution >= 0.6 is 0 Å². The van der Waals surface area contributed by atoms with Crippen molar-refractivity contribution in [1.82, 2.24) is 0 Å². The van der Waals surface area contributed by atoms with Crippen molar-refractivity contribution in [1.29, 1.82) is 0 Å². The lowest BCUT2D eigenvalue weighted by atomic mass is 10.3. The van der Waals surface area contributed by atoms with Gasteiger partial charge >= 0.3 is 0 Å². The topological polar surface area (TPSA) is 44.5 Å². The van der Waals surface area contributed by atoms with Gasteiger partial charge in [0.1, 0.15) is 11.5 Å². The summed E-state index contributed by atoms with van der Waals surface area (Å²) in [6.07, 6.45) is 0.160. The van der Waals surface area contributed by atoms with E-state index in [1.807, 2.05) is 32.9 Å². The second-order valence-electron chi connectivity index (χ2n) is 3.30. The van der Waals surface area contributed by atoms with Gasteiger partial charge in [0.2, 0.25) is 0 Å². The zero-order valence-corrected chi connectivity index (χ0v) is 8.91. The van der Waals surface area contributed by atoms with E-state index < -0.39 is 0 Å². The van der Waals surface area contributed by atoms with Crippen LogP contribution in [0.15, 0.2) is 18.2 Å². The Labute approximate surface area is 84.8 Å².